The van der Waals surface area contributed by atoms with E-state index in [0.717, 1.165) is 6.29 Å². The van der Waals surface area contributed by atoms with Crippen LogP contribution in [0, 0.1) is 0 Å². The van der Waals surface area contributed by atoms with Gasteiger partial charge < -0.3 is 30.1 Å². The summed E-state index contributed by atoms with van der Waals surface area (Å²) in [7, 11) is 5.13. The number of hydrogen-bond acceptors (Lipinski definition) is 6. The summed E-state index contributed by atoms with van der Waals surface area (Å²) >= 11 is 0. The zero-order valence-electron chi connectivity index (χ0n) is 15.4. The maximum absolute atomic E-state index is 12.2. The van der Waals surface area contributed by atoms with Crippen LogP contribution in [0.15, 0.2) is 37.3 Å². The van der Waals surface area contributed by atoms with E-state index in [-0.39, 0.29) is 38.0 Å². The van der Waals surface area contributed by atoms with Gasteiger partial charge in [-0.2, -0.15) is 0 Å². The highest BCUT2D eigenvalue weighted by molar-refractivity contribution is 5.79. The Kier molecular flexibility index (Phi) is 10.4. The lowest BCUT2D eigenvalue weighted by Crippen LogP contribution is -2.41. The highest BCUT2D eigenvalue weighted by atomic mass is 16.2. The van der Waals surface area contributed by atoms with Crippen molar-refractivity contribution in [1.82, 2.24) is 25.3 Å². The van der Waals surface area contributed by atoms with Crippen molar-refractivity contribution < 1.29 is 14.4 Å². The minimum Gasteiger partial charge on any atom is -0.381 e. The standard InChI is InChI=1S/C17H29N5O3/c1-7-20(4)12-16(24)19-10-15(3)21(5)13-17(25)22(6)11-14(2)18-8-9-23/h7,9,18H,1-3,8,10-13H2,4-6H3,(H,19,24). The van der Waals surface area contributed by atoms with Crippen LogP contribution in [0.25, 0.3) is 0 Å². The van der Waals surface area contributed by atoms with Crippen molar-refractivity contribution in [3.63, 3.8) is 0 Å². The minimum absolute atomic E-state index is 0.124. The van der Waals surface area contributed by atoms with Crippen molar-refractivity contribution in [3.8, 4) is 0 Å². The second-order valence-electron chi connectivity index (χ2n) is 5.70. The number of likely N-dealkylation sites (N-methyl/N-ethyl adjacent to an activating group) is 3. The summed E-state index contributed by atoms with van der Waals surface area (Å²) in [5, 5.41) is 5.54. The number of hydrogen-bond donors (Lipinski definition) is 2. The molecule has 0 aromatic heterocycles. The lowest BCUT2D eigenvalue weighted by Gasteiger charge is -2.25. The van der Waals surface area contributed by atoms with Gasteiger partial charge in [-0.05, 0) is 6.20 Å². The molecule has 0 aliphatic rings. The van der Waals surface area contributed by atoms with E-state index in [1.807, 2.05) is 0 Å². The molecule has 0 aromatic carbocycles. The summed E-state index contributed by atoms with van der Waals surface area (Å²) < 4.78 is 0. The van der Waals surface area contributed by atoms with Crippen LogP contribution in [0.2, 0.25) is 0 Å². The van der Waals surface area contributed by atoms with Crippen LogP contribution < -0.4 is 10.6 Å². The highest BCUT2D eigenvalue weighted by Crippen LogP contribution is 2.00. The largest absolute Gasteiger partial charge is 0.381 e. The smallest absolute Gasteiger partial charge is 0.242 e. The molecule has 0 heterocycles. The first-order valence-corrected chi connectivity index (χ1v) is 7.78. The Hall–Kier alpha value is -2.77. The lowest BCUT2D eigenvalue weighted by molar-refractivity contribution is -0.130. The molecule has 0 aromatic rings. The van der Waals surface area contributed by atoms with Crippen molar-refractivity contribution >= 4 is 18.1 Å². The van der Waals surface area contributed by atoms with Crippen molar-refractivity contribution in [2.75, 3.05) is 53.9 Å². The molecule has 0 fully saturated rings. The fourth-order valence-corrected chi connectivity index (χ4v) is 1.73. The van der Waals surface area contributed by atoms with Gasteiger partial charge in [0.15, 0.2) is 0 Å². The quantitative estimate of drug-likeness (QED) is 0.431. The summed E-state index contributed by atoms with van der Waals surface area (Å²) in [6.45, 7) is 12.3. The van der Waals surface area contributed by atoms with Gasteiger partial charge in [-0.15, -0.1) is 0 Å². The Morgan fingerprint density at radius 3 is 2.20 bits per heavy atom. The molecule has 0 aliphatic carbocycles. The number of nitrogens with one attached hydrogen (secondary N) is 2. The number of amides is 2. The molecule has 25 heavy (non-hydrogen) atoms. The zero-order valence-corrected chi connectivity index (χ0v) is 15.4. The Balaban J connectivity index is 4.26. The molecule has 2 N–H and O–H groups in total. The second kappa shape index (κ2) is 11.7. The fraction of sp³-hybridized carbons (Fsp3) is 0.471. The Bertz CT molecular complexity index is 518. The van der Waals surface area contributed by atoms with E-state index >= 15 is 0 Å². The van der Waals surface area contributed by atoms with Gasteiger partial charge in [0, 0.05) is 32.5 Å². The molecule has 0 saturated carbocycles. The summed E-state index contributed by atoms with van der Waals surface area (Å²) in [5.41, 5.74) is 1.21. The molecule has 2 amide bonds. The van der Waals surface area contributed by atoms with E-state index in [2.05, 4.69) is 30.4 Å². The Morgan fingerprint density at radius 1 is 1.00 bits per heavy atom. The maximum atomic E-state index is 12.2. The lowest BCUT2D eigenvalue weighted by atomic mass is 10.3. The molecule has 0 atom stereocenters. The second-order valence-corrected chi connectivity index (χ2v) is 5.70. The van der Waals surface area contributed by atoms with E-state index in [0.29, 0.717) is 17.9 Å². The van der Waals surface area contributed by atoms with E-state index in [1.165, 1.54) is 4.90 Å². The molecule has 140 valence electrons. The molecular formula is C17H29N5O3. The number of rotatable bonds is 13. The Labute approximate surface area is 149 Å². The third-order valence-corrected chi connectivity index (χ3v) is 3.40. The van der Waals surface area contributed by atoms with Crippen molar-refractivity contribution in [2.45, 2.75) is 0 Å². The van der Waals surface area contributed by atoms with Crippen LogP contribution >= 0.6 is 0 Å². The predicted octanol–water partition coefficient (Wildman–Crippen LogP) is -0.616. The molecule has 0 radical (unpaired) electrons. The molecule has 0 bridgehead atoms. The van der Waals surface area contributed by atoms with Gasteiger partial charge >= 0.3 is 0 Å². The molecule has 0 spiro atoms. The van der Waals surface area contributed by atoms with Crippen molar-refractivity contribution in [3.05, 3.63) is 37.3 Å². The van der Waals surface area contributed by atoms with Gasteiger partial charge in [0.2, 0.25) is 11.8 Å². The summed E-state index contributed by atoms with van der Waals surface area (Å²) in [5.74, 6) is -0.284. The maximum Gasteiger partial charge on any atom is 0.242 e. The Morgan fingerprint density at radius 2 is 1.64 bits per heavy atom. The van der Waals surface area contributed by atoms with Crippen molar-refractivity contribution in [1.29, 1.82) is 0 Å². The van der Waals surface area contributed by atoms with E-state index in [4.69, 9.17) is 0 Å². The average Bonchev–Trinajstić information content (AvgIpc) is 2.57. The summed E-state index contributed by atoms with van der Waals surface area (Å²) in [6, 6.07) is 0. The number of carbonyl (C=O) groups excluding carboxylic acids is 3. The first-order valence-electron chi connectivity index (χ1n) is 7.78. The molecule has 0 unspecified atom stereocenters. The fourth-order valence-electron chi connectivity index (χ4n) is 1.73. The monoisotopic (exact) mass is 351 g/mol. The molecule has 8 heteroatoms. The highest BCUT2D eigenvalue weighted by Gasteiger charge is 2.14. The van der Waals surface area contributed by atoms with Crippen molar-refractivity contribution in [2.24, 2.45) is 0 Å². The van der Waals surface area contributed by atoms with Crippen LogP contribution in [0.5, 0.6) is 0 Å². The third kappa shape index (κ3) is 9.85. The average molecular weight is 351 g/mol. The zero-order chi connectivity index (χ0) is 19.4. The summed E-state index contributed by atoms with van der Waals surface area (Å²) in [4.78, 5) is 39.0. The molecule has 0 aliphatic heterocycles. The molecule has 8 nitrogen and oxygen atoms in total. The minimum atomic E-state index is -0.155. The van der Waals surface area contributed by atoms with Gasteiger partial charge in [-0.3, -0.25) is 9.59 Å². The SMILES string of the molecule is C=CN(C)CC(=O)NCC(=C)N(C)CC(=O)N(C)CC(=C)NCC=O. The third-order valence-electron chi connectivity index (χ3n) is 3.40. The van der Waals surface area contributed by atoms with Crippen LogP contribution in [-0.4, -0.2) is 86.7 Å². The van der Waals surface area contributed by atoms with Gasteiger partial charge in [0.05, 0.1) is 32.7 Å². The number of nitrogens with zero attached hydrogens (tertiary/aromatic N) is 3. The van der Waals surface area contributed by atoms with E-state index in [9.17, 15) is 14.4 Å². The van der Waals surface area contributed by atoms with E-state index in [1.54, 1.807) is 37.1 Å². The molecule has 0 rings (SSSR count). The first kappa shape index (κ1) is 22.2. The van der Waals surface area contributed by atoms with Crippen LogP contribution in [0.4, 0.5) is 0 Å². The predicted molar refractivity (Wildman–Crippen MR) is 98.5 cm³/mol. The van der Waals surface area contributed by atoms with Crippen LogP contribution in [0.1, 0.15) is 0 Å². The molecular weight excluding hydrogens is 322 g/mol. The van der Waals surface area contributed by atoms with Gasteiger partial charge in [-0.1, -0.05) is 19.7 Å². The first-order chi connectivity index (χ1) is 11.7. The van der Waals surface area contributed by atoms with Gasteiger partial charge in [0.1, 0.15) is 6.29 Å². The van der Waals surface area contributed by atoms with Crippen LogP contribution in [0.3, 0.4) is 0 Å². The molecule has 0 saturated heterocycles. The van der Waals surface area contributed by atoms with Gasteiger partial charge in [-0.25, -0.2) is 0 Å². The van der Waals surface area contributed by atoms with Gasteiger partial charge in [0.25, 0.3) is 0 Å². The topological polar surface area (TPSA) is 85.0 Å². The van der Waals surface area contributed by atoms with E-state index < -0.39 is 0 Å². The number of carbonyl (C=O) groups is 3. The number of aldehydes is 1. The summed E-state index contributed by atoms with van der Waals surface area (Å²) in [6.07, 6.45) is 2.29. The normalized spacial score (nSPS) is 9.56. The van der Waals surface area contributed by atoms with Crippen LogP contribution in [-0.2, 0) is 14.4 Å².